The fraction of sp³-hybridized carbons (Fsp3) is 0.238. The third-order valence-electron chi connectivity index (χ3n) is 5.90. The number of nitrogens with one attached hydrogen (secondary N) is 1. The molecule has 2 aliphatic rings. The van der Waals surface area contributed by atoms with Crippen LogP contribution in [-0.2, 0) is 12.0 Å². The maximum absolute atomic E-state index is 6.20. The molecule has 0 radical (unpaired) electrons. The number of fused-ring (bicyclic) bond motifs is 3. The Morgan fingerprint density at radius 2 is 2.15 bits per heavy atom. The van der Waals surface area contributed by atoms with Crippen LogP contribution in [0.1, 0.15) is 30.7 Å². The van der Waals surface area contributed by atoms with Gasteiger partial charge in [0.05, 0.1) is 29.5 Å². The van der Waals surface area contributed by atoms with E-state index in [1.54, 1.807) is 6.20 Å². The Bertz CT molecular complexity index is 1080. The highest BCUT2D eigenvalue weighted by Crippen LogP contribution is 2.57. The van der Waals surface area contributed by atoms with Crippen molar-refractivity contribution < 1.29 is 0 Å². The van der Waals surface area contributed by atoms with E-state index in [4.69, 9.17) is 16.6 Å². The molecule has 1 fully saturated rings. The molecule has 1 aromatic carbocycles. The Kier molecular flexibility index (Phi) is 3.56. The molecule has 3 heterocycles. The number of nitrogens with zero attached hydrogens (tertiary/aromatic N) is 4. The second-order valence-corrected chi connectivity index (χ2v) is 7.63. The molecule has 0 bridgehead atoms. The number of halogens is 1. The van der Waals surface area contributed by atoms with E-state index in [9.17, 15) is 0 Å². The zero-order valence-corrected chi connectivity index (χ0v) is 15.7. The van der Waals surface area contributed by atoms with Crippen molar-refractivity contribution >= 4 is 28.3 Å². The topological polar surface area (TPSA) is 46.0 Å². The van der Waals surface area contributed by atoms with Crippen LogP contribution < -0.4 is 10.3 Å². The van der Waals surface area contributed by atoms with Crippen molar-refractivity contribution in [2.45, 2.75) is 31.2 Å². The third-order valence-corrected chi connectivity index (χ3v) is 6.13. The van der Waals surface area contributed by atoms with E-state index in [1.165, 1.54) is 12.0 Å². The summed E-state index contributed by atoms with van der Waals surface area (Å²) in [5.41, 5.74) is 8.68. The van der Waals surface area contributed by atoms with E-state index in [2.05, 4.69) is 34.5 Å². The number of allylic oxidation sites excluding steroid dienone is 1. The first kappa shape index (κ1) is 16.4. The van der Waals surface area contributed by atoms with E-state index in [-0.39, 0.29) is 5.41 Å². The predicted molar refractivity (Wildman–Crippen MR) is 109 cm³/mol. The maximum Gasteiger partial charge on any atom is 0.148 e. The van der Waals surface area contributed by atoms with Gasteiger partial charge in [-0.05, 0) is 42.7 Å². The fourth-order valence-corrected chi connectivity index (χ4v) is 4.58. The highest BCUT2D eigenvalue weighted by atomic mass is 35.5. The number of anilines is 1. The van der Waals surface area contributed by atoms with Gasteiger partial charge in [-0.15, -0.1) is 0 Å². The first-order valence-corrected chi connectivity index (χ1v) is 9.47. The molecule has 1 spiro atoms. The molecule has 136 valence electrons. The zero-order valence-electron chi connectivity index (χ0n) is 15.0. The molecule has 0 amide bonds. The van der Waals surface area contributed by atoms with E-state index in [1.807, 2.05) is 35.3 Å². The van der Waals surface area contributed by atoms with Gasteiger partial charge in [-0.2, -0.15) is 0 Å². The maximum atomic E-state index is 6.20. The van der Waals surface area contributed by atoms with Crippen LogP contribution in [0.2, 0.25) is 5.02 Å². The molecule has 5 rings (SSSR count). The second-order valence-electron chi connectivity index (χ2n) is 7.19. The van der Waals surface area contributed by atoms with E-state index < -0.39 is 0 Å². The van der Waals surface area contributed by atoms with Gasteiger partial charge < -0.3 is 10.3 Å². The number of aromatic nitrogens is 3. The van der Waals surface area contributed by atoms with Crippen molar-refractivity contribution in [1.82, 2.24) is 14.6 Å². The Hall–Kier alpha value is -2.79. The van der Waals surface area contributed by atoms with Crippen molar-refractivity contribution in [3.05, 3.63) is 78.1 Å². The molecule has 1 saturated carbocycles. The molecule has 6 heteroatoms. The molecule has 1 N–H and O–H groups in total. The lowest BCUT2D eigenvalue weighted by atomic mass is 9.64. The minimum atomic E-state index is 0.0737. The first-order valence-electron chi connectivity index (χ1n) is 9.10. The average molecular weight is 378 g/mol. The fourth-order valence-electron chi connectivity index (χ4n) is 4.42. The summed E-state index contributed by atoms with van der Waals surface area (Å²) in [5, 5.41) is 0.676. The molecule has 3 aromatic rings. The Morgan fingerprint density at radius 1 is 1.30 bits per heavy atom. The standard InChI is InChI=1S/C21H20ClN5/c1-3-24-27-18-11-15(22)5-6-17(18)25-20(27)13-26-14(2)21(8-4-9-21)16-7-10-23-12-19(16)26/h3,5-7,10-12,24H,1-2,4,8-9,13H2. The summed E-state index contributed by atoms with van der Waals surface area (Å²) in [6, 6.07) is 7.84. The van der Waals surface area contributed by atoms with Gasteiger partial charge in [0.15, 0.2) is 0 Å². The average Bonchev–Trinajstić information content (AvgIpc) is 3.09. The van der Waals surface area contributed by atoms with Crippen LogP contribution >= 0.6 is 11.6 Å². The van der Waals surface area contributed by atoms with Crippen molar-refractivity contribution in [1.29, 1.82) is 0 Å². The van der Waals surface area contributed by atoms with Crippen LogP contribution in [0, 0.1) is 0 Å². The van der Waals surface area contributed by atoms with E-state index in [0.717, 1.165) is 41.1 Å². The molecule has 0 unspecified atom stereocenters. The summed E-state index contributed by atoms with van der Waals surface area (Å²) in [6.45, 7) is 8.87. The van der Waals surface area contributed by atoms with Crippen LogP contribution in [0.3, 0.4) is 0 Å². The Morgan fingerprint density at radius 3 is 2.89 bits per heavy atom. The third kappa shape index (κ3) is 2.24. The quantitative estimate of drug-likeness (QED) is 0.714. The summed E-state index contributed by atoms with van der Waals surface area (Å²) < 4.78 is 1.93. The van der Waals surface area contributed by atoms with Gasteiger partial charge in [-0.3, -0.25) is 4.98 Å². The van der Waals surface area contributed by atoms with Crippen molar-refractivity contribution in [2.24, 2.45) is 0 Å². The molecule has 27 heavy (non-hydrogen) atoms. The number of rotatable bonds is 4. The minimum Gasteiger partial charge on any atom is -0.336 e. The smallest absolute Gasteiger partial charge is 0.148 e. The Labute approximate surface area is 163 Å². The largest absolute Gasteiger partial charge is 0.336 e. The number of benzene rings is 1. The molecule has 5 nitrogen and oxygen atoms in total. The molecule has 0 saturated heterocycles. The zero-order chi connectivity index (χ0) is 18.6. The summed E-state index contributed by atoms with van der Waals surface area (Å²) in [4.78, 5) is 11.4. The van der Waals surface area contributed by atoms with Gasteiger partial charge in [-0.25, -0.2) is 9.66 Å². The van der Waals surface area contributed by atoms with Crippen LogP contribution in [0.5, 0.6) is 0 Å². The van der Waals surface area contributed by atoms with Gasteiger partial charge in [0.25, 0.3) is 0 Å². The van der Waals surface area contributed by atoms with E-state index in [0.29, 0.717) is 11.6 Å². The minimum absolute atomic E-state index is 0.0737. The molecule has 0 atom stereocenters. The van der Waals surface area contributed by atoms with Gasteiger partial charge in [-0.1, -0.05) is 31.2 Å². The van der Waals surface area contributed by atoms with Crippen molar-refractivity contribution in [3.63, 3.8) is 0 Å². The first-order chi connectivity index (χ1) is 13.1. The summed E-state index contributed by atoms with van der Waals surface area (Å²) in [7, 11) is 0. The van der Waals surface area contributed by atoms with Crippen LogP contribution in [0.15, 0.2) is 61.7 Å². The summed E-state index contributed by atoms with van der Waals surface area (Å²) >= 11 is 6.20. The molecular formula is C21H20ClN5. The monoisotopic (exact) mass is 377 g/mol. The summed E-state index contributed by atoms with van der Waals surface area (Å²) in [6.07, 6.45) is 9.01. The van der Waals surface area contributed by atoms with Gasteiger partial charge in [0.2, 0.25) is 0 Å². The molecule has 2 aromatic heterocycles. The number of hydrogen-bond donors (Lipinski definition) is 1. The van der Waals surface area contributed by atoms with Crippen LogP contribution in [-0.4, -0.2) is 14.6 Å². The van der Waals surface area contributed by atoms with Crippen LogP contribution in [0.4, 0.5) is 5.69 Å². The predicted octanol–water partition coefficient (Wildman–Crippen LogP) is 4.73. The number of hydrogen-bond acceptors (Lipinski definition) is 4. The van der Waals surface area contributed by atoms with E-state index >= 15 is 0 Å². The van der Waals surface area contributed by atoms with Crippen molar-refractivity contribution in [3.8, 4) is 0 Å². The molecular weight excluding hydrogens is 358 g/mol. The Balaban J connectivity index is 1.60. The molecule has 1 aliphatic carbocycles. The highest BCUT2D eigenvalue weighted by Gasteiger charge is 2.50. The highest BCUT2D eigenvalue weighted by molar-refractivity contribution is 6.31. The molecule has 1 aliphatic heterocycles. The van der Waals surface area contributed by atoms with Crippen LogP contribution in [0.25, 0.3) is 11.0 Å². The van der Waals surface area contributed by atoms with Gasteiger partial charge >= 0.3 is 0 Å². The lowest BCUT2D eigenvalue weighted by Crippen LogP contribution is -2.37. The SMILES string of the molecule is C=CNn1c(CN2C(=C)C3(CCC3)c3ccncc32)nc2ccc(Cl)cc21. The second kappa shape index (κ2) is 5.86. The number of pyridine rings is 1. The number of imidazole rings is 1. The lowest BCUT2D eigenvalue weighted by molar-refractivity contribution is 0.301. The lowest BCUT2D eigenvalue weighted by Gasteiger charge is -2.40. The normalized spacial score (nSPS) is 17.2. The van der Waals surface area contributed by atoms with Crippen molar-refractivity contribution in [2.75, 3.05) is 10.3 Å². The van der Waals surface area contributed by atoms with Gasteiger partial charge in [0, 0.05) is 28.5 Å². The summed E-state index contributed by atoms with van der Waals surface area (Å²) in [5.74, 6) is 0.875. The van der Waals surface area contributed by atoms with Gasteiger partial charge in [0.1, 0.15) is 5.82 Å².